The number of likely N-dealkylation sites (tertiary alicyclic amines) is 1. The molecule has 1 amide bonds. The molecule has 4 nitrogen and oxygen atoms in total. The van der Waals surface area contributed by atoms with Gasteiger partial charge in [0.05, 0.1) is 6.04 Å². The Morgan fingerprint density at radius 1 is 1.07 bits per heavy atom. The normalized spacial score (nSPS) is 23.5. The van der Waals surface area contributed by atoms with Gasteiger partial charge in [0.15, 0.2) is 0 Å². The molecule has 2 aromatic carbocycles. The number of benzene rings is 2. The number of likely N-dealkylation sites (N-methyl/N-ethyl adjacent to an activating group) is 1. The Bertz CT molecular complexity index is 1040. The van der Waals surface area contributed by atoms with Gasteiger partial charge in [0.25, 0.3) is 5.91 Å². The summed E-state index contributed by atoms with van der Waals surface area (Å²) in [5, 5.41) is 12.9. The van der Waals surface area contributed by atoms with Crippen molar-refractivity contribution < 1.29 is 4.79 Å². The summed E-state index contributed by atoms with van der Waals surface area (Å²) in [4.78, 5) is 15.1. The van der Waals surface area contributed by atoms with Gasteiger partial charge in [0.1, 0.15) is 11.6 Å². The number of carbonyl (C=O) groups is 1. The maximum absolute atomic E-state index is 12.8. The highest BCUT2D eigenvalue weighted by atomic mass is 16.1. The van der Waals surface area contributed by atoms with E-state index in [0.717, 1.165) is 35.4 Å². The van der Waals surface area contributed by atoms with E-state index >= 15 is 0 Å². The van der Waals surface area contributed by atoms with Gasteiger partial charge >= 0.3 is 0 Å². The first-order valence-corrected chi connectivity index (χ1v) is 9.94. The number of nitrogens with one attached hydrogen (secondary N) is 1. The topological polar surface area (TPSA) is 56.1 Å². The van der Waals surface area contributed by atoms with Gasteiger partial charge in [-0.05, 0) is 43.2 Å². The van der Waals surface area contributed by atoms with Crippen LogP contribution < -0.4 is 5.32 Å². The van der Waals surface area contributed by atoms with Crippen molar-refractivity contribution in [2.24, 2.45) is 5.92 Å². The van der Waals surface area contributed by atoms with Crippen LogP contribution in [-0.4, -0.2) is 37.0 Å². The minimum absolute atomic E-state index is 0.0421. The van der Waals surface area contributed by atoms with Gasteiger partial charge in [-0.2, -0.15) is 5.26 Å². The lowest BCUT2D eigenvalue weighted by atomic mass is 9.75. The number of rotatable bonds is 2. The first kappa shape index (κ1) is 19.2. The largest absolute Gasteiger partial charge is 0.344 e. The molecule has 146 valence electrons. The molecule has 1 fully saturated rings. The fourth-order valence-corrected chi connectivity index (χ4v) is 4.36. The molecule has 2 aromatic rings. The Labute approximate surface area is 172 Å². The summed E-state index contributed by atoms with van der Waals surface area (Å²) >= 11 is 0. The van der Waals surface area contributed by atoms with Crippen LogP contribution in [0, 0.1) is 31.1 Å². The molecular formula is C25H25N3O. The molecule has 4 rings (SSSR count). The Balaban J connectivity index is 1.81. The van der Waals surface area contributed by atoms with Crippen molar-refractivity contribution in [1.29, 1.82) is 5.26 Å². The molecule has 0 spiro atoms. The molecule has 2 atom stereocenters. The lowest BCUT2D eigenvalue weighted by Crippen LogP contribution is -2.55. The third-order valence-electron chi connectivity index (χ3n) is 5.82. The molecule has 2 aliphatic heterocycles. The van der Waals surface area contributed by atoms with E-state index < -0.39 is 0 Å². The van der Waals surface area contributed by atoms with E-state index in [2.05, 4.69) is 60.6 Å². The van der Waals surface area contributed by atoms with Gasteiger partial charge in [-0.15, -0.1) is 0 Å². The lowest BCUT2D eigenvalue weighted by Gasteiger charge is -2.43. The number of hydrogen-bond acceptors (Lipinski definition) is 3. The minimum Gasteiger partial charge on any atom is -0.344 e. The predicted octanol–water partition coefficient (Wildman–Crippen LogP) is 3.72. The highest BCUT2D eigenvalue weighted by Crippen LogP contribution is 2.38. The second-order valence-corrected chi connectivity index (χ2v) is 8.15. The van der Waals surface area contributed by atoms with Gasteiger partial charge in [0.2, 0.25) is 0 Å². The van der Waals surface area contributed by atoms with Crippen molar-refractivity contribution in [1.82, 2.24) is 10.2 Å². The maximum Gasteiger partial charge on any atom is 0.262 e. The van der Waals surface area contributed by atoms with Crippen molar-refractivity contribution in [2.45, 2.75) is 19.9 Å². The fourth-order valence-electron chi connectivity index (χ4n) is 4.36. The number of amides is 1. The molecule has 1 N–H and O–H groups in total. The van der Waals surface area contributed by atoms with Crippen LogP contribution in [0.2, 0.25) is 0 Å². The molecule has 1 saturated heterocycles. The van der Waals surface area contributed by atoms with E-state index in [4.69, 9.17) is 0 Å². The average Bonchev–Trinajstić information content (AvgIpc) is 2.70. The third-order valence-corrected chi connectivity index (χ3v) is 5.82. The van der Waals surface area contributed by atoms with Crippen LogP contribution in [0.4, 0.5) is 0 Å². The van der Waals surface area contributed by atoms with Crippen molar-refractivity contribution in [3.63, 3.8) is 0 Å². The number of fused-ring (bicyclic) bond motifs is 1. The van der Waals surface area contributed by atoms with Crippen molar-refractivity contribution in [3.8, 4) is 6.07 Å². The van der Waals surface area contributed by atoms with Gasteiger partial charge in [0, 0.05) is 19.0 Å². The summed E-state index contributed by atoms with van der Waals surface area (Å²) < 4.78 is 0. The summed E-state index contributed by atoms with van der Waals surface area (Å²) in [6, 6.07) is 18.6. The molecule has 2 unspecified atom stereocenters. The summed E-state index contributed by atoms with van der Waals surface area (Å²) in [7, 11) is 2.09. The first-order chi connectivity index (χ1) is 14.0. The standard InChI is InChI=1S/C25H25N3O/c1-16-4-8-18(9-5-16)12-20-14-28(3)15-22-23(19-10-6-17(2)7-11-19)21(13-26)25(29)27-24(20)22/h4-12,22,24H,14-15H2,1-3H3,(H,27,29)/b20-12+. The highest BCUT2D eigenvalue weighted by molar-refractivity contribution is 6.07. The molecule has 0 saturated carbocycles. The van der Waals surface area contributed by atoms with E-state index in [9.17, 15) is 10.1 Å². The Hall–Kier alpha value is -3.16. The Morgan fingerprint density at radius 3 is 2.31 bits per heavy atom. The van der Waals surface area contributed by atoms with Gasteiger partial charge < -0.3 is 10.2 Å². The van der Waals surface area contributed by atoms with Gasteiger partial charge in [-0.3, -0.25) is 4.79 Å². The quantitative estimate of drug-likeness (QED) is 0.860. The molecule has 4 heteroatoms. The number of carbonyl (C=O) groups excluding carboxylic acids is 1. The molecule has 2 aliphatic rings. The monoisotopic (exact) mass is 383 g/mol. The predicted molar refractivity (Wildman–Crippen MR) is 116 cm³/mol. The summed E-state index contributed by atoms with van der Waals surface area (Å²) in [6.45, 7) is 5.70. The molecule has 0 aromatic heterocycles. The zero-order chi connectivity index (χ0) is 20.5. The molecule has 29 heavy (non-hydrogen) atoms. The van der Waals surface area contributed by atoms with E-state index in [0.29, 0.717) is 0 Å². The van der Waals surface area contributed by atoms with Crippen LogP contribution in [0.3, 0.4) is 0 Å². The SMILES string of the molecule is Cc1ccc(/C=C2\CN(C)CC3C(c4ccc(C)cc4)=C(C#N)C(=O)NC23)cc1. The van der Waals surface area contributed by atoms with Crippen LogP contribution in [0.1, 0.15) is 22.3 Å². The summed E-state index contributed by atoms with van der Waals surface area (Å²) in [6.07, 6.45) is 2.18. The first-order valence-electron chi connectivity index (χ1n) is 9.94. The lowest BCUT2D eigenvalue weighted by molar-refractivity contribution is -0.118. The van der Waals surface area contributed by atoms with E-state index in [1.54, 1.807) is 0 Å². The molecule has 0 bridgehead atoms. The van der Waals surface area contributed by atoms with Crippen LogP contribution >= 0.6 is 0 Å². The van der Waals surface area contributed by atoms with Crippen LogP contribution in [-0.2, 0) is 4.79 Å². The van der Waals surface area contributed by atoms with Crippen LogP contribution in [0.15, 0.2) is 59.7 Å². The number of piperidine rings is 1. The molecular weight excluding hydrogens is 358 g/mol. The summed E-state index contributed by atoms with van der Waals surface area (Å²) in [5.41, 5.74) is 6.73. The van der Waals surface area contributed by atoms with Crippen molar-refractivity contribution in [2.75, 3.05) is 20.1 Å². The molecule has 2 heterocycles. The van der Waals surface area contributed by atoms with E-state index in [1.807, 2.05) is 31.2 Å². The number of aryl methyl sites for hydroxylation is 2. The number of nitrogens with zero attached hydrogens (tertiary/aromatic N) is 2. The van der Waals surface area contributed by atoms with Gasteiger partial charge in [-0.1, -0.05) is 65.7 Å². The van der Waals surface area contributed by atoms with E-state index in [1.165, 1.54) is 11.1 Å². The Kier molecular flexibility index (Phi) is 5.08. The average molecular weight is 383 g/mol. The van der Waals surface area contributed by atoms with E-state index in [-0.39, 0.29) is 23.4 Å². The second-order valence-electron chi connectivity index (χ2n) is 8.15. The van der Waals surface area contributed by atoms with Crippen molar-refractivity contribution >= 4 is 17.6 Å². The van der Waals surface area contributed by atoms with Crippen molar-refractivity contribution in [3.05, 3.63) is 81.9 Å². The molecule has 0 radical (unpaired) electrons. The fraction of sp³-hybridized carbons (Fsp3) is 0.280. The highest BCUT2D eigenvalue weighted by Gasteiger charge is 2.41. The van der Waals surface area contributed by atoms with Gasteiger partial charge in [-0.25, -0.2) is 0 Å². The summed E-state index contributed by atoms with van der Waals surface area (Å²) in [5.74, 6) is -0.232. The second kappa shape index (κ2) is 7.69. The van der Waals surface area contributed by atoms with Crippen LogP contribution in [0.5, 0.6) is 0 Å². The minimum atomic E-state index is -0.274. The number of hydrogen-bond donors (Lipinski definition) is 1. The zero-order valence-electron chi connectivity index (χ0n) is 17.1. The maximum atomic E-state index is 12.8. The third kappa shape index (κ3) is 3.74. The number of nitriles is 1. The smallest absolute Gasteiger partial charge is 0.262 e. The Morgan fingerprint density at radius 2 is 1.69 bits per heavy atom. The van der Waals surface area contributed by atoms with Crippen LogP contribution in [0.25, 0.3) is 11.6 Å². The molecule has 0 aliphatic carbocycles. The zero-order valence-corrected chi connectivity index (χ0v) is 17.1.